The number of nitrogens with one attached hydrogen (secondary N) is 1. The summed E-state index contributed by atoms with van der Waals surface area (Å²) in [6, 6.07) is 12.7. The zero-order valence-electron chi connectivity index (χ0n) is 18.1. The third kappa shape index (κ3) is 5.52. The van der Waals surface area contributed by atoms with Gasteiger partial charge in [0.2, 0.25) is 5.91 Å². The summed E-state index contributed by atoms with van der Waals surface area (Å²) in [7, 11) is 0. The number of piperazine rings is 1. The third-order valence-corrected chi connectivity index (χ3v) is 5.33. The average molecular weight is 471 g/mol. The highest BCUT2D eigenvalue weighted by Crippen LogP contribution is 2.33. The van der Waals surface area contributed by atoms with Crippen LogP contribution >= 0.6 is 0 Å². The monoisotopic (exact) mass is 471 g/mol. The lowest BCUT2D eigenvalue weighted by molar-refractivity contribution is -0.138. The molecule has 11 heteroatoms. The molecule has 0 bridgehead atoms. The molecule has 1 unspecified atom stereocenters. The quantitative estimate of drug-likeness (QED) is 0.691. The Morgan fingerprint density at radius 2 is 1.79 bits per heavy atom. The molecule has 8 nitrogen and oxygen atoms in total. The number of alkyl halides is 3. The smallest absolute Gasteiger partial charge is 0.379 e. The van der Waals surface area contributed by atoms with Gasteiger partial charge in [-0.15, -0.1) is 0 Å². The molecule has 1 fully saturated rings. The van der Waals surface area contributed by atoms with Crippen molar-refractivity contribution >= 4 is 23.2 Å². The molecule has 1 saturated heterocycles. The van der Waals surface area contributed by atoms with Crippen LogP contribution in [0.25, 0.3) is 0 Å². The molecular formula is C23H20F3N5O3. The van der Waals surface area contributed by atoms with E-state index in [4.69, 9.17) is 10.5 Å². The Balaban J connectivity index is 1.65. The highest BCUT2D eigenvalue weighted by atomic mass is 19.4. The molecule has 2 aromatic rings. The lowest BCUT2D eigenvalue weighted by Crippen LogP contribution is -2.56. The van der Waals surface area contributed by atoms with Crippen LogP contribution in [0.4, 0.5) is 24.5 Å². The first-order valence-electron chi connectivity index (χ1n) is 10.1. The minimum atomic E-state index is -4.79. The summed E-state index contributed by atoms with van der Waals surface area (Å²) in [5, 5.41) is 30.7. The molecule has 3 rings (SSSR count). The van der Waals surface area contributed by atoms with Gasteiger partial charge in [-0.3, -0.25) is 14.5 Å². The molecule has 0 radical (unpaired) electrons. The van der Waals surface area contributed by atoms with E-state index < -0.39 is 28.8 Å². The number of anilines is 2. The van der Waals surface area contributed by atoms with Gasteiger partial charge in [0.25, 0.3) is 5.91 Å². The molecule has 2 amide bonds. The second kappa shape index (κ2) is 9.51. The number of hydrogen-bond acceptors (Lipinski definition) is 6. The van der Waals surface area contributed by atoms with Crippen molar-refractivity contribution in [1.29, 1.82) is 10.5 Å². The van der Waals surface area contributed by atoms with Gasteiger partial charge in [-0.05, 0) is 49.4 Å². The number of halogens is 3. The number of amides is 2. The van der Waals surface area contributed by atoms with Crippen LogP contribution in [0.3, 0.4) is 0 Å². The van der Waals surface area contributed by atoms with Crippen molar-refractivity contribution in [3.05, 3.63) is 59.2 Å². The number of aliphatic hydroxyl groups is 1. The van der Waals surface area contributed by atoms with Crippen LogP contribution < -0.4 is 10.2 Å². The highest BCUT2D eigenvalue weighted by molar-refractivity contribution is 5.98. The number of benzene rings is 2. The van der Waals surface area contributed by atoms with Crippen molar-refractivity contribution in [3.8, 4) is 12.1 Å². The lowest BCUT2D eigenvalue weighted by Gasteiger charge is -2.37. The summed E-state index contributed by atoms with van der Waals surface area (Å²) in [6.07, 6.45) is -4.79. The van der Waals surface area contributed by atoms with Crippen molar-refractivity contribution in [1.82, 2.24) is 4.90 Å². The molecule has 34 heavy (non-hydrogen) atoms. The third-order valence-electron chi connectivity index (χ3n) is 5.33. The normalized spacial score (nSPS) is 16.3. The molecule has 2 N–H and O–H groups in total. The fraction of sp³-hybridized carbons (Fsp3) is 0.304. The van der Waals surface area contributed by atoms with Crippen LogP contribution in [0.15, 0.2) is 42.5 Å². The Labute approximate surface area is 193 Å². The Morgan fingerprint density at radius 3 is 2.35 bits per heavy atom. The zero-order valence-corrected chi connectivity index (χ0v) is 18.1. The first-order chi connectivity index (χ1) is 15.9. The molecule has 1 aliphatic rings. The molecule has 0 saturated carbocycles. The summed E-state index contributed by atoms with van der Waals surface area (Å²) in [4.78, 5) is 28.3. The molecule has 1 heterocycles. The Kier molecular flexibility index (Phi) is 6.91. The standard InChI is InChI=1S/C23H20F3N5O3/c1-22(34,21(33)29-17-5-4-16(12-28)19(10-17)23(24,25)26)14-30-8-9-31(20(32)13-30)18-6-2-15(11-27)3-7-18/h2-7,10,34H,8-9,13-14H2,1H3,(H,29,33). The summed E-state index contributed by atoms with van der Waals surface area (Å²) >= 11 is 0. The van der Waals surface area contributed by atoms with E-state index in [0.717, 1.165) is 12.1 Å². The average Bonchev–Trinajstić information content (AvgIpc) is 2.78. The number of carbonyl (C=O) groups is 2. The van der Waals surface area contributed by atoms with Gasteiger partial charge in [0.05, 0.1) is 35.4 Å². The van der Waals surface area contributed by atoms with Crippen LogP contribution in [-0.4, -0.2) is 53.6 Å². The van der Waals surface area contributed by atoms with Gasteiger partial charge in [-0.1, -0.05) is 0 Å². The maximum absolute atomic E-state index is 13.2. The van der Waals surface area contributed by atoms with E-state index in [1.165, 1.54) is 17.9 Å². The summed E-state index contributed by atoms with van der Waals surface area (Å²) in [6.45, 7) is 1.51. The Morgan fingerprint density at radius 1 is 1.12 bits per heavy atom. The van der Waals surface area contributed by atoms with E-state index in [0.29, 0.717) is 23.9 Å². The maximum Gasteiger partial charge on any atom is 0.417 e. The predicted molar refractivity (Wildman–Crippen MR) is 115 cm³/mol. The summed E-state index contributed by atoms with van der Waals surface area (Å²) in [5.41, 5.74) is -2.94. The first-order valence-corrected chi connectivity index (χ1v) is 10.1. The summed E-state index contributed by atoms with van der Waals surface area (Å²) < 4.78 is 39.5. The highest BCUT2D eigenvalue weighted by Gasteiger charge is 2.37. The molecule has 2 aromatic carbocycles. The number of nitriles is 2. The second-order valence-corrected chi connectivity index (χ2v) is 8.01. The molecule has 1 atom stereocenters. The molecule has 176 valence electrons. The van der Waals surface area contributed by atoms with Crippen LogP contribution in [0.5, 0.6) is 0 Å². The molecular weight excluding hydrogens is 451 g/mol. The SMILES string of the molecule is CC(O)(CN1CCN(c2ccc(C#N)cc2)C(=O)C1)C(=O)Nc1ccc(C#N)c(C(F)(F)F)c1. The minimum Gasteiger partial charge on any atom is -0.379 e. The predicted octanol–water partition coefficient (Wildman–Crippen LogP) is 2.49. The number of hydrogen-bond donors (Lipinski definition) is 2. The van der Waals surface area contributed by atoms with Gasteiger partial charge in [-0.25, -0.2) is 0 Å². The molecule has 0 aliphatic carbocycles. The summed E-state index contributed by atoms with van der Waals surface area (Å²) in [5.74, 6) is -1.22. The Bertz CT molecular complexity index is 1180. The lowest BCUT2D eigenvalue weighted by atomic mass is 10.0. The molecule has 0 aromatic heterocycles. The topological polar surface area (TPSA) is 120 Å². The van der Waals surface area contributed by atoms with E-state index in [9.17, 15) is 27.9 Å². The van der Waals surface area contributed by atoms with Crippen LogP contribution in [0.1, 0.15) is 23.6 Å². The zero-order chi connectivity index (χ0) is 25.1. The van der Waals surface area contributed by atoms with E-state index >= 15 is 0 Å². The van der Waals surface area contributed by atoms with Crippen LogP contribution in [-0.2, 0) is 15.8 Å². The van der Waals surface area contributed by atoms with Gasteiger partial charge in [0.1, 0.15) is 0 Å². The van der Waals surface area contributed by atoms with Crippen molar-refractivity contribution < 1.29 is 27.9 Å². The van der Waals surface area contributed by atoms with E-state index in [1.807, 2.05) is 6.07 Å². The van der Waals surface area contributed by atoms with Crippen molar-refractivity contribution in [2.75, 3.05) is 36.4 Å². The van der Waals surface area contributed by atoms with Crippen molar-refractivity contribution in [2.24, 2.45) is 0 Å². The van der Waals surface area contributed by atoms with Crippen LogP contribution in [0, 0.1) is 22.7 Å². The largest absolute Gasteiger partial charge is 0.417 e. The fourth-order valence-electron chi connectivity index (χ4n) is 3.57. The van der Waals surface area contributed by atoms with E-state index in [2.05, 4.69) is 5.32 Å². The Hall–Kier alpha value is -3.93. The van der Waals surface area contributed by atoms with Crippen LogP contribution in [0.2, 0.25) is 0 Å². The number of nitrogens with zero attached hydrogens (tertiary/aromatic N) is 4. The van der Waals surface area contributed by atoms with Gasteiger partial charge >= 0.3 is 6.18 Å². The second-order valence-electron chi connectivity index (χ2n) is 8.01. The fourth-order valence-corrected chi connectivity index (χ4v) is 3.57. The van der Waals surface area contributed by atoms with E-state index in [1.54, 1.807) is 29.2 Å². The number of carbonyl (C=O) groups excluding carboxylic acids is 2. The van der Waals surface area contributed by atoms with Crippen molar-refractivity contribution in [3.63, 3.8) is 0 Å². The molecule has 1 aliphatic heterocycles. The molecule has 0 spiro atoms. The van der Waals surface area contributed by atoms with Crippen molar-refractivity contribution in [2.45, 2.75) is 18.7 Å². The van der Waals surface area contributed by atoms with Gasteiger partial charge < -0.3 is 15.3 Å². The van der Waals surface area contributed by atoms with Gasteiger partial charge in [0.15, 0.2) is 5.60 Å². The maximum atomic E-state index is 13.2. The van der Waals surface area contributed by atoms with Gasteiger partial charge in [0, 0.05) is 31.0 Å². The van der Waals surface area contributed by atoms with E-state index in [-0.39, 0.29) is 31.2 Å². The first kappa shape index (κ1) is 24.7. The number of β-amino-alcohol motifs (C(OH)–C–C–N with tert-alkyl or cyclic N) is 1. The van der Waals surface area contributed by atoms with Gasteiger partial charge in [-0.2, -0.15) is 23.7 Å². The minimum absolute atomic E-state index is 0.0848. The number of rotatable bonds is 5.